The van der Waals surface area contributed by atoms with Gasteiger partial charge in [0.2, 0.25) is 0 Å². The number of nitrogens with two attached hydrogens (primary N) is 1. The van der Waals surface area contributed by atoms with E-state index < -0.39 is 51.1 Å². The van der Waals surface area contributed by atoms with E-state index in [-0.39, 0.29) is 19.4 Å². The molecular formula is C54H98NO10P. The number of ether oxygens (including phenoxy) is 2. The van der Waals surface area contributed by atoms with E-state index in [1.54, 1.807) is 0 Å². The summed E-state index contributed by atoms with van der Waals surface area (Å²) < 4.78 is 32.9. The molecule has 0 aromatic rings. The second kappa shape index (κ2) is 48.9. The van der Waals surface area contributed by atoms with Gasteiger partial charge < -0.3 is 25.2 Å². The average molecular weight is 952 g/mol. The molecule has 3 atom stereocenters. The maximum atomic E-state index is 12.7. The van der Waals surface area contributed by atoms with Crippen LogP contribution in [0.1, 0.15) is 245 Å². The van der Waals surface area contributed by atoms with Gasteiger partial charge in [-0.25, -0.2) is 4.57 Å². The summed E-state index contributed by atoms with van der Waals surface area (Å²) in [6, 6.07) is -1.52. The quantitative estimate of drug-likeness (QED) is 0.0229. The van der Waals surface area contributed by atoms with Gasteiger partial charge in [0.05, 0.1) is 13.2 Å². The molecule has 3 unspecified atom stereocenters. The number of esters is 2. The zero-order valence-corrected chi connectivity index (χ0v) is 42.9. The number of aliphatic carboxylic acids is 1. The van der Waals surface area contributed by atoms with Crippen LogP contribution in [-0.2, 0) is 37.5 Å². The van der Waals surface area contributed by atoms with Gasteiger partial charge in [-0.2, -0.15) is 0 Å². The summed E-state index contributed by atoms with van der Waals surface area (Å²) in [7, 11) is -4.72. The Morgan fingerprint density at radius 2 is 0.848 bits per heavy atom. The number of carboxylic acid groups (broad SMARTS) is 1. The molecule has 11 nitrogen and oxygen atoms in total. The van der Waals surface area contributed by atoms with Crippen LogP contribution in [0.4, 0.5) is 0 Å². The molecule has 4 N–H and O–H groups in total. The van der Waals surface area contributed by atoms with Crippen LogP contribution in [0, 0.1) is 0 Å². The topological polar surface area (TPSA) is 172 Å². The van der Waals surface area contributed by atoms with Crippen molar-refractivity contribution in [1.82, 2.24) is 0 Å². The molecule has 0 saturated heterocycles. The van der Waals surface area contributed by atoms with Crippen LogP contribution in [-0.4, -0.2) is 59.9 Å². The third-order valence-electron chi connectivity index (χ3n) is 11.6. The van der Waals surface area contributed by atoms with Gasteiger partial charge in [-0.15, -0.1) is 0 Å². The van der Waals surface area contributed by atoms with E-state index in [2.05, 4.69) is 62.5 Å². The van der Waals surface area contributed by atoms with Crippen molar-refractivity contribution < 1.29 is 47.5 Å². The van der Waals surface area contributed by atoms with E-state index in [9.17, 15) is 23.8 Å². The van der Waals surface area contributed by atoms with Crippen LogP contribution in [0.2, 0.25) is 0 Å². The van der Waals surface area contributed by atoms with E-state index in [0.717, 1.165) is 70.6 Å². The molecule has 0 aliphatic rings. The first-order valence-corrected chi connectivity index (χ1v) is 28.2. The van der Waals surface area contributed by atoms with Gasteiger partial charge in [-0.05, 0) is 51.4 Å². The lowest BCUT2D eigenvalue weighted by molar-refractivity contribution is -0.161. The van der Waals surface area contributed by atoms with E-state index in [0.29, 0.717) is 12.8 Å². The predicted octanol–water partition coefficient (Wildman–Crippen LogP) is 15.3. The van der Waals surface area contributed by atoms with Crippen molar-refractivity contribution in [3.63, 3.8) is 0 Å². The molecule has 0 aliphatic heterocycles. The summed E-state index contributed by atoms with van der Waals surface area (Å²) in [5.41, 5.74) is 5.36. The minimum absolute atomic E-state index is 0.157. The minimum Gasteiger partial charge on any atom is -0.480 e. The van der Waals surface area contributed by atoms with Gasteiger partial charge >= 0.3 is 25.7 Å². The Morgan fingerprint density at radius 1 is 0.485 bits per heavy atom. The average Bonchev–Trinajstić information content (AvgIpc) is 3.30. The van der Waals surface area contributed by atoms with Gasteiger partial charge in [0.25, 0.3) is 0 Å². The molecule has 0 radical (unpaired) electrons. The van der Waals surface area contributed by atoms with E-state index in [4.69, 9.17) is 29.4 Å². The molecule has 0 bridgehead atoms. The Labute approximate surface area is 403 Å². The highest BCUT2D eigenvalue weighted by Gasteiger charge is 2.28. The lowest BCUT2D eigenvalue weighted by Gasteiger charge is -2.20. The van der Waals surface area contributed by atoms with Crippen molar-refractivity contribution in [2.75, 3.05) is 19.8 Å². The molecule has 0 rings (SSSR count). The molecule has 0 aliphatic carbocycles. The highest BCUT2D eigenvalue weighted by Crippen LogP contribution is 2.43. The Morgan fingerprint density at radius 3 is 1.27 bits per heavy atom. The van der Waals surface area contributed by atoms with Gasteiger partial charge in [-0.3, -0.25) is 23.4 Å². The maximum Gasteiger partial charge on any atom is 0.472 e. The third kappa shape index (κ3) is 47.9. The summed E-state index contributed by atoms with van der Waals surface area (Å²) in [5, 5.41) is 8.93. The zero-order valence-electron chi connectivity index (χ0n) is 42.0. The SMILES string of the molecule is CC/C=C\C/C=C\C/C=C\C/C=C\CCCCCCCCCCCCC(=O)OC(COC(=O)CCCCCCCCCCCCCCCCCCCCC)COP(=O)(O)OCC(N)C(=O)O. The Kier molecular flexibility index (Phi) is 47.0. The van der Waals surface area contributed by atoms with Gasteiger partial charge in [0.15, 0.2) is 6.10 Å². The first kappa shape index (κ1) is 63.4. The van der Waals surface area contributed by atoms with Crippen molar-refractivity contribution in [1.29, 1.82) is 0 Å². The highest BCUT2D eigenvalue weighted by atomic mass is 31.2. The second-order valence-electron chi connectivity index (χ2n) is 18.0. The van der Waals surface area contributed by atoms with Crippen LogP contribution in [0.15, 0.2) is 48.6 Å². The van der Waals surface area contributed by atoms with Crippen molar-refractivity contribution in [3.8, 4) is 0 Å². The first-order chi connectivity index (χ1) is 32.1. The van der Waals surface area contributed by atoms with E-state index in [1.165, 1.54) is 135 Å². The number of hydrogen-bond acceptors (Lipinski definition) is 9. The lowest BCUT2D eigenvalue weighted by atomic mass is 10.0. The number of hydrogen-bond donors (Lipinski definition) is 3. The Balaban J connectivity index is 4.21. The minimum atomic E-state index is -4.72. The molecule has 66 heavy (non-hydrogen) atoms. The fourth-order valence-corrected chi connectivity index (χ4v) is 8.25. The van der Waals surface area contributed by atoms with E-state index >= 15 is 0 Å². The van der Waals surface area contributed by atoms with Crippen molar-refractivity contribution in [2.24, 2.45) is 5.73 Å². The number of carboxylic acids is 1. The predicted molar refractivity (Wildman–Crippen MR) is 272 cm³/mol. The smallest absolute Gasteiger partial charge is 0.472 e. The number of carbonyl (C=O) groups excluding carboxylic acids is 2. The Bertz CT molecular complexity index is 1300. The van der Waals surface area contributed by atoms with Crippen LogP contribution in [0.25, 0.3) is 0 Å². The number of phosphoric acid groups is 1. The molecule has 0 heterocycles. The summed E-state index contributed by atoms with van der Waals surface area (Å²) in [4.78, 5) is 46.2. The number of rotatable bonds is 50. The summed E-state index contributed by atoms with van der Waals surface area (Å²) in [6.07, 6.45) is 57.4. The van der Waals surface area contributed by atoms with Crippen molar-refractivity contribution >= 4 is 25.7 Å². The molecule has 0 saturated carbocycles. The van der Waals surface area contributed by atoms with Gasteiger partial charge in [0, 0.05) is 12.8 Å². The second-order valence-corrected chi connectivity index (χ2v) is 19.4. The van der Waals surface area contributed by atoms with Crippen LogP contribution >= 0.6 is 7.82 Å². The monoisotopic (exact) mass is 952 g/mol. The van der Waals surface area contributed by atoms with Crippen molar-refractivity contribution in [2.45, 2.75) is 257 Å². The molecule has 12 heteroatoms. The molecule has 0 aromatic heterocycles. The molecule has 0 fully saturated rings. The van der Waals surface area contributed by atoms with Crippen LogP contribution in [0.5, 0.6) is 0 Å². The molecule has 0 aromatic carbocycles. The zero-order chi connectivity index (χ0) is 48.4. The first-order valence-electron chi connectivity index (χ1n) is 26.7. The number of carbonyl (C=O) groups is 3. The van der Waals surface area contributed by atoms with Gasteiger partial charge in [0.1, 0.15) is 12.6 Å². The Hall–Kier alpha value is -2.56. The van der Waals surface area contributed by atoms with E-state index in [1.807, 2.05) is 0 Å². The van der Waals surface area contributed by atoms with Gasteiger partial charge in [-0.1, -0.05) is 229 Å². The molecular weight excluding hydrogens is 854 g/mol. The fraction of sp³-hybridized carbons (Fsp3) is 0.796. The molecule has 384 valence electrons. The van der Waals surface area contributed by atoms with Crippen molar-refractivity contribution in [3.05, 3.63) is 48.6 Å². The largest absolute Gasteiger partial charge is 0.480 e. The maximum absolute atomic E-state index is 12.7. The molecule has 0 amide bonds. The number of phosphoric ester groups is 1. The van der Waals surface area contributed by atoms with Crippen LogP contribution in [0.3, 0.4) is 0 Å². The lowest BCUT2D eigenvalue weighted by Crippen LogP contribution is -2.34. The summed E-state index contributed by atoms with van der Waals surface area (Å²) in [6.45, 7) is 2.73. The summed E-state index contributed by atoms with van der Waals surface area (Å²) in [5.74, 6) is -2.37. The summed E-state index contributed by atoms with van der Waals surface area (Å²) >= 11 is 0. The normalized spacial score (nSPS) is 13.9. The fourth-order valence-electron chi connectivity index (χ4n) is 7.47. The number of allylic oxidation sites excluding steroid dienone is 8. The molecule has 0 spiro atoms. The van der Waals surface area contributed by atoms with Crippen LogP contribution < -0.4 is 5.73 Å². The number of unbranched alkanes of at least 4 members (excludes halogenated alkanes) is 28. The standard InChI is InChI=1S/C54H98NO10P/c1-3-5-7-9-11-13-15-17-19-21-23-24-25-26-28-30-32-34-36-38-40-42-44-46-53(57)65-50(48-63-66(60,61)64-49-51(55)54(58)59)47-62-52(56)45-43-41-39-37-35-33-31-29-27-22-20-18-16-14-12-10-8-6-4-2/h5,7,11,13,17,19,23-24,50-51H,3-4,6,8-10,12,14-16,18,20-22,25-49,55H2,1-2H3,(H,58,59)(H,60,61)/b7-5-,13-11-,19-17-,24-23-. The highest BCUT2D eigenvalue weighted by molar-refractivity contribution is 7.47. The third-order valence-corrected chi connectivity index (χ3v) is 12.5.